The second kappa shape index (κ2) is 4.25. The third-order valence-electron chi connectivity index (χ3n) is 3.20. The van der Waals surface area contributed by atoms with Crippen molar-refractivity contribution in [2.45, 2.75) is 31.7 Å². The Morgan fingerprint density at radius 2 is 2.15 bits per heavy atom. The zero-order valence-corrected chi connectivity index (χ0v) is 8.39. The van der Waals surface area contributed by atoms with Gasteiger partial charge < -0.3 is 10.2 Å². The van der Waals surface area contributed by atoms with Crippen LogP contribution in [0.4, 0.5) is 0 Å². The Balaban J connectivity index is 1.72. The minimum Gasteiger partial charge on any atom is -0.313 e. The molecule has 1 N–H and O–H groups in total. The molecule has 1 unspecified atom stereocenters. The molecule has 0 saturated carbocycles. The second-order valence-electron chi connectivity index (χ2n) is 4.34. The summed E-state index contributed by atoms with van der Waals surface area (Å²) in [6.07, 6.45) is 5.17. The first-order valence-electron chi connectivity index (χ1n) is 5.47. The Bertz CT molecular complexity index is 173. The molecule has 2 aliphatic heterocycles. The largest absolute Gasteiger partial charge is 0.313 e. The lowest BCUT2D eigenvalue weighted by Crippen LogP contribution is -2.40. The standard InChI is InChI=1S/C11H20N2/c1-10-4-7-13(8-5-10)9-11-3-2-6-12-11/h11-12H,1-9H2. The maximum absolute atomic E-state index is 4.04. The minimum atomic E-state index is 0.770. The molecule has 0 spiro atoms. The average molecular weight is 180 g/mol. The number of hydrogen-bond acceptors (Lipinski definition) is 2. The third kappa shape index (κ3) is 2.55. The summed E-state index contributed by atoms with van der Waals surface area (Å²) in [5.41, 5.74) is 1.44. The third-order valence-corrected chi connectivity index (χ3v) is 3.20. The van der Waals surface area contributed by atoms with Crippen LogP contribution in [0.5, 0.6) is 0 Å². The Hall–Kier alpha value is -0.340. The molecule has 2 heterocycles. The molecule has 0 bridgehead atoms. The first kappa shape index (κ1) is 9.22. The predicted octanol–water partition coefficient (Wildman–Crippen LogP) is 1.39. The molecule has 2 saturated heterocycles. The molecule has 2 aliphatic rings. The van der Waals surface area contributed by atoms with Crippen LogP contribution in [0.1, 0.15) is 25.7 Å². The summed E-state index contributed by atoms with van der Waals surface area (Å²) in [6.45, 7) is 8.99. The van der Waals surface area contributed by atoms with Crippen molar-refractivity contribution in [3.8, 4) is 0 Å². The number of piperidine rings is 1. The van der Waals surface area contributed by atoms with E-state index in [1.807, 2.05) is 0 Å². The van der Waals surface area contributed by atoms with Gasteiger partial charge in [-0.1, -0.05) is 12.2 Å². The van der Waals surface area contributed by atoms with Crippen LogP contribution >= 0.6 is 0 Å². The lowest BCUT2D eigenvalue weighted by molar-refractivity contribution is 0.234. The van der Waals surface area contributed by atoms with Crippen molar-refractivity contribution in [3.05, 3.63) is 12.2 Å². The van der Waals surface area contributed by atoms with Crippen LogP contribution < -0.4 is 5.32 Å². The molecule has 74 valence electrons. The number of rotatable bonds is 2. The van der Waals surface area contributed by atoms with E-state index in [0.717, 1.165) is 6.04 Å². The molecule has 0 aromatic carbocycles. The van der Waals surface area contributed by atoms with Gasteiger partial charge in [0.15, 0.2) is 0 Å². The lowest BCUT2D eigenvalue weighted by atomic mass is 10.1. The summed E-state index contributed by atoms with van der Waals surface area (Å²) < 4.78 is 0. The highest BCUT2D eigenvalue weighted by Crippen LogP contribution is 2.15. The van der Waals surface area contributed by atoms with Gasteiger partial charge in [0.2, 0.25) is 0 Å². The summed E-state index contributed by atoms with van der Waals surface area (Å²) in [4.78, 5) is 2.58. The number of hydrogen-bond donors (Lipinski definition) is 1. The second-order valence-corrected chi connectivity index (χ2v) is 4.34. The summed E-state index contributed by atoms with van der Waals surface area (Å²) in [5, 5.41) is 3.55. The van der Waals surface area contributed by atoms with E-state index in [1.165, 1.54) is 57.4 Å². The van der Waals surface area contributed by atoms with Crippen LogP contribution in [0.25, 0.3) is 0 Å². The zero-order chi connectivity index (χ0) is 9.10. The van der Waals surface area contributed by atoms with Crippen molar-refractivity contribution in [3.63, 3.8) is 0 Å². The van der Waals surface area contributed by atoms with Gasteiger partial charge in [-0.05, 0) is 32.2 Å². The van der Waals surface area contributed by atoms with Gasteiger partial charge in [0, 0.05) is 25.7 Å². The summed E-state index contributed by atoms with van der Waals surface area (Å²) in [7, 11) is 0. The highest BCUT2D eigenvalue weighted by atomic mass is 15.2. The van der Waals surface area contributed by atoms with Crippen LogP contribution in [0.15, 0.2) is 12.2 Å². The normalized spacial score (nSPS) is 31.1. The Kier molecular flexibility index (Phi) is 3.01. The van der Waals surface area contributed by atoms with Crippen molar-refractivity contribution < 1.29 is 0 Å². The average Bonchev–Trinajstić information content (AvgIpc) is 2.62. The van der Waals surface area contributed by atoms with Crippen LogP contribution in [-0.4, -0.2) is 37.1 Å². The van der Waals surface area contributed by atoms with Gasteiger partial charge in [-0.25, -0.2) is 0 Å². The Morgan fingerprint density at radius 1 is 1.38 bits per heavy atom. The van der Waals surface area contributed by atoms with E-state index in [0.29, 0.717) is 0 Å². The summed E-state index contributed by atoms with van der Waals surface area (Å²) in [5.74, 6) is 0. The van der Waals surface area contributed by atoms with Crippen molar-refractivity contribution in [2.24, 2.45) is 0 Å². The molecular weight excluding hydrogens is 160 g/mol. The van der Waals surface area contributed by atoms with E-state index in [1.54, 1.807) is 0 Å². The van der Waals surface area contributed by atoms with Gasteiger partial charge in [-0.3, -0.25) is 0 Å². The highest BCUT2D eigenvalue weighted by molar-refractivity contribution is 4.99. The van der Waals surface area contributed by atoms with Gasteiger partial charge >= 0.3 is 0 Å². The van der Waals surface area contributed by atoms with E-state index < -0.39 is 0 Å². The molecule has 2 fully saturated rings. The molecule has 13 heavy (non-hydrogen) atoms. The van der Waals surface area contributed by atoms with Crippen molar-refractivity contribution >= 4 is 0 Å². The first-order valence-corrected chi connectivity index (χ1v) is 5.47. The number of nitrogens with one attached hydrogen (secondary N) is 1. The zero-order valence-electron chi connectivity index (χ0n) is 8.39. The van der Waals surface area contributed by atoms with Gasteiger partial charge in [-0.15, -0.1) is 0 Å². The minimum absolute atomic E-state index is 0.770. The maximum Gasteiger partial charge on any atom is 0.0195 e. The molecule has 0 amide bonds. The van der Waals surface area contributed by atoms with E-state index in [4.69, 9.17) is 0 Å². The van der Waals surface area contributed by atoms with Gasteiger partial charge in [-0.2, -0.15) is 0 Å². The van der Waals surface area contributed by atoms with Crippen LogP contribution in [0.3, 0.4) is 0 Å². The van der Waals surface area contributed by atoms with Crippen molar-refractivity contribution in [2.75, 3.05) is 26.2 Å². The van der Waals surface area contributed by atoms with Crippen molar-refractivity contribution in [1.82, 2.24) is 10.2 Å². The van der Waals surface area contributed by atoms with E-state index in [9.17, 15) is 0 Å². The molecule has 0 aromatic rings. The first-order chi connectivity index (χ1) is 6.34. The monoisotopic (exact) mass is 180 g/mol. The van der Waals surface area contributed by atoms with Gasteiger partial charge in [0.05, 0.1) is 0 Å². The van der Waals surface area contributed by atoms with Gasteiger partial charge in [0.1, 0.15) is 0 Å². The molecule has 2 nitrogen and oxygen atoms in total. The molecule has 0 aliphatic carbocycles. The van der Waals surface area contributed by atoms with E-state index >= 15 is 0 Å². The fourth-order valence-electron chi connectivity index (χ4n) is 2.28. The van der Waals surface area contributed by atoms with Crippen LogP contribution in [-0.2, 0) is 0 Å². The Labute approximate surface area is 81.0 Å². The van der Waals surface area contributed by atoms with E-state index in [-0.39, 0.29) is 0 Å². The van der Waals surface area contributed by atoms with E-state index in [2.05, 4.69) is 16.8 Å². The fraction of sp³-hybridized carbons (Fsp3) is 0.818. The quantitative estimate of drug-likeness (QED) is 0.646. The molecule has 0 radical (unpaired) electrons. The van der Waals surface area contributed by atoms with Gasteiger partial charge in [0.25, 0.3) is 0 Å². The number of likely N-dealkylation sites (tertiary alicyclic amines) is 1. The molecule has 2 heteroatoms. The van der Waals surface area contributed by atoms with Crippen LogP contribution in [0.2, 0.25) is 0 Å². The topological polar surface area (TPSA) is 15.3 Å². The number of nitrogens with zero attached hydrogens (tertiary/aromatic N) is 1. The lowest BCUT2D eigenvalue weighted by Gasteiger charge is -2.30. The summed E-state index contributed by atoms with van der Waals surface area (Å²) in [6, 6.07) is 0.770. The molecule has 1 atom stereocenters. The molecule has 0 aromatic heterocycles. The maximum atomic E-state index is 4.04. The summed E-state index contributed by atoms with van der Waals surface area (Å²) >= 11 is 0. The van der Waals surface area contributed by atoms with Crippen LogP contribution in [0, 0.1) is 0 Å². The SMILES string of the molecule is C=C1CCN(CC2CCCN2)CC1. The predicted molar refractivity (Wildman–Crippen MR) is 55.8 cm³/mol. The Morgan fingerprint density at radius 3 is 2.77 bits per heavy atom. The molecule has 2 rings (SSSR count). The van der Waals surface area contributed by atoms with Crippen molar-refractivity contribution in [1.29, 1.82) is 0 Å². The fourth-order valence-corrected chi connectivity index (χ4v) is 2.28. The highest BCUT2D eigenvalue weighted by Gasteiger charge is 2.19. The molecular formula is C11H20N2. The smallest absolute Gasteiger partial charge is 0.0195 e.